The number of nitro groups is 3. The third-order valence-corrected chi connectivity index (χ3v) is 8.48. The maximum absolute atomic E-state index is 13.1. The van der Waals surface area contributed by atoms with Crippen molar-refractivity contribution in [2.75, 3.05) is 26.7 Å². The first-order valence-electron chi connectivity index (χ1n) is 9.74. The lowest BCUT2D eigenvalue weighted by atomic mass is 10.3. The molecule has 19 nitrogen and oxygen atoms in total. The van der Waals surface area contributed by atoms with Gasteiger partial charge in [0, 0.05) is 24.3 Å². The molecule has 21 heteroatoms. The first-order valence-corrected chi connectivity index (χ1v) is 12.6. The summed E-state index contributed by atoms with van der Waals surface area (Å²) in [5, 5.41) is 35.9. The van der Waals surface area contributed by atoms with Crippen LogP contribution in [0.4, 0.5) is 11.4 Å². The summed E-state index contributed by atoms with van der Waals surface area (Å²) in [6.07, 6.45) is 0. The molecule has 1 saturated heterocycles. The molecule has 0 aliphatic carbocycles. The molecular formula is C16H16N8O11S2. The molecule has 3 rings (SSSR count). The van der Waals surface area contributed by atoms with E-state index in [-0.39, 0.29) is 5.01 Å². The predicted octanol–water partition coefficient (Wildman–Crippen LogP) is 0.505. The second-order valence-corrected chi connectivity index (χ2v) is 11.2. The largest absolute Gasteiger partial charge is 0.270 e. The fourth-order valence-corrected chi connectivity index (χ4v) is 5.96. The van der Waals surface area contributed by atoms with Crippen LogP contribution in [0.1, 0.15) is 0 Å². The highest BCUT2D eigenvalue weighted by Crippen LogP contribution is 2.25. The Kier molecular flexibility index (Phi) is 7.61. The van der Waals surface area contributed by atoms with E-state index in [9.17, 15) is 52.1 Å². The van der Waals surface area contributed by atoms with Crippen LogP contribution >= 0.6 is 0 Å². The van der Waals surface area contributed by atoms with Crippen molar-refractivity contribution in [1.29, 1.82) is 0 Å². The van der Waals surface area contributed by atoms with Crippen LogP contribution in [0.5, 0.6) is 0 Å². The molecule has 1 aliphatic rings. The predicted molar refractivity (Wildman–Crippen MR) is 120 cm³/mol. The molecule has 0 atom stereocenters. The van der Waals surface area contributed by atoms with Crippen molar-refractivity contribution in [3.63, 3.8) is 0 Å². The van der Waals surface area contributed by atoms with Gasteiger partial charge in [-0.15, -0.1) is 4.91 Å². The number of non-ortho nitro benzene ring substituents is 2. The molecule has 0 N–H and O–H groups in total. The molecule has 0 radical (unpaired) electrons. The van der Waals surface area contributed by atoms with Crippen LogP contribution in [0, 0.1) is 35.3 Å². The van der Waals surface area contributed by atoms with E-state index in [2.05, 4.69) is 5.29 Å². The van der Waals surface area contributed by atoms with Gasteiger partial charge in [0.25, 0.3) is 11.4 Å². The van der Waals surface area contributed by atoms with Gasteiger partial charge in [-0.3, -0.25) is 20.2 Å². The zero-order valence-corrected chi connectivity index (χ0v) is 20.0. The fraction of sp³-hybridized carbons (Fsp3) is 0.250. The quantitative estimate of drug-likeness (QED) is 0.243. The summed E-state index contributed by atoms with van der Waals surface area (Å²) in [4.78, 5) is 42.3. The van der Waals surface area contributed by atoms with Gasteiger partial charge in [-0.1, -0.05) is 17.1 Å². The van der Waals surface area contributed by atoms with E-state index in [1.54, 1.807) is 0 Å². The maximum Gasteiger partial charge on any atom is 0.270 e. The van der Waals surface area contributed by atoms with Crippen molar-refractivity contribution in [2.45, 2.75) is 9.79 Å². The standard InChI is InChI=1S/C16H16N8O11S2/c25-17-18-9-20(36(32,33)15-5-1-3-13(7-15)22(26)27)11-19(24(30)31)12-21(10-18)37(34,35)16-6-2-4-14(8-16)23(28)29/h1-8H,9-12H2. The van der Waals surface area contributed by atoms with Gasteiger partial charge in [-0.2, -0.15) is 8.61 Å². The van der Waals surface area contributed by atoms with Gasteiger partial charge < -0.3 is 0 Å². The Morgan fingerprint density at radius 1 is 0.703 bits per heavy atom. The minimum atomic E-state index is -4.69. The van der Waals surface area contributed by atoms with Gasteiger partial charge >= 0.3 is 0 Å². The summed E-state index contributed by atoms with van der Waals surface area (Å²) in [6.45, 7) is -4.13. The van der Waals surface area contributed by atoms with E-state index in [0.717, 1.165) is 36.4 Å². The molecule has 1 fully saturated rings. The number of nitro benzene ring substituents is 2. The third kappa shape index (κ3) is 5.74. The molecule has 1 aliphatic heterocycles. The van der Waals surface area contributed by atoms with E-state index >= 15 is 0 Å². The van der Waals surface area contributed by atoms with E-state index < -0.39 is 82.8 Å². The van der Waals surface area contributed by atoms with Crippen molar-refractivity contribution in [3.05, 3.63) is 83.8 Å². The fourth-order valence-electron chi connectivity index (χ4n) is 3.18. The molecule has 0 unspecified atom stereocenters. The van der Waals surface area contributed by atoms with E-state index in [4.69, 9.17) is 0 Å². The van der Waals surface area contributed by atoms with Crippen molar-refractivity contribution in [1.82, 2.24) is 18.6 Å². The van der Waals surface area contributed by atoms with Crippen molar-refractivity contribution < 1.29 is 31.7 Å². The van der Waals surface area contributed by atoms with Crippen LogP contribution in [-0.2, 0) is 20.0 Å². The molecule has 2 aromatic carbocycles. The molecule has 37 heavy (non-hydrogen) atoms. The number of rotatable bonds is 8. The van der Waals surface area contributed by atoms with Crippen LogP contribution in [0.3, 0.4) is 0 Å². The van der Waals surface area contributed by atoms with Crippen LogP contribution in [0.25, 0.3) is 0 Å². The van der Waals surface area contributed by atoms with Crippen molar-refractivity contribution in [3.8, 4) is 0 Å². The highest BCUT2D eigenvalue weighted by atomic mass is 32.2. The lowest BCUT2D eigenvalue weighted by Crippen LogP contribution is -2.57. The smallest absolute Gasteiger partial charge is 0.258 e. The Balaban J connectivity index is 2.01. The number of hydrogen-bond donors (Lipinski definition) is 0. The molecule has 1 heterocycles. The Hall–Kier alpha value is -4.34. The minimum absolute atomic E-state index is 0.200. The van der Waals surface area contributed by atoms with Crippen molar-refractivity contribution >= 4 is 31.4 Å². The zero-order chi connectivity index (χ0) is 27.5. The van der Waals surface area contributed by atoms with Gasteiger partial charge in [0.1, 0.15) is 26.7 Å². The Labute approximate surface area is 207 Å². The molecular weight excluding hydrogens is 544 g/mol. The number of hydrazine groups is 1. The number of hydrogen-bond acceptors (Lipinski definition) is 12. The van der Waals surface area contributed by atoms with E-state index in [0.29, 0.717) is 25.8 Å². The van der Waals surface area contributed by atoms with Crippen LogP contribution in [0.15, 0.2) is 63.6 Å². The Bertz CT molecular complexity index is 1370. The average molecular weight is 560 g/mol. The van der Waals surface area contributed by atoms with Crippen LogP contribution in [0.2, 0.25) is 0 Å². The minimum Gasteiger partial charge on any atom is -0.258 e. The zero-order valence-electron chi connectivity index (χ0n) is 18.3. The first kappa shape index (κ1) is 27.3. The lowest BCUT2D eigenvalue weighted by molar-refractivity contribution is -0.662. The molecule has 198 valence electrons. The molecule has 0 aromatic heterocycles. The summed E-state index contributed by atoms with van der Waals surface area (Å²) < 4.78 is 53.4. The second kappa shape index (κ2) is 10.3. The molecule has 0 amide bonds. The number of nitrogens with zero attached hydrogens (tertiary/aromatic N) is 8. The van der Waals surface area contributed by atoms with Gasteiger partial charge in [-0.25, -0.2) is 32.0 Å². The second-order valence-electron chi connectivity index (χ2n) is 7.32. The maximum atomic E-state index is 13.1. The first-order chi connectivity index (χ1) is 17.3. The SMILES string of the molecule is O=NN1CN(S(=O)(=O)c2cccc([N+](=O)[O-])c2)CN([N+](=O)[O-])CN(S(=O)(=O)c2cccc([N+](=O)[O-])c2)C1. The molecule has 0 spiro atoms. The summed E-state index contributed by atoms with van der Waals surface area (Å²) in [7, 11) is -9.38. The van der Waals surface area contributed by atoms with Gasteiger partial charge in [0.15, 0.2) is 5.03 Å². The highest BCUT2D eigenvalue weighted by molar-refractivity contribution is 7.89. The number of benzene rings is 2. The van der Waals surface area contributed by atoms with Gasteiger partial charge in [-0.05, 0) is 12.1 Å². The summed E-state index contributed by atoms with van der Waals surface area (Å²) in [6, 6.07) is 7.60. The average Bonchev–Trinajstić information content (AvgIpc) is 2.83. The highest BCUT2D eigenvalue weighted by Gasteiger charge is 2.39. The lowest BCUT2D eigenvalue weighted by Gasteiger charge is -2.35. The normalized spacial score (nSPS) is 16.0. The number of nitroso groups, excluding NO2 is 1. The molecule has 2 aromatic rings. The van der Waals surface area contributed by atoms with E-state index in [1.165, 1.54) is 0 Å². The summed E-state index contributed by atoms with van der Waals surface area (Å²) in [5.41, 5.74) is -1.17. The topological polar surface area (TPSA) is 240 Å². The van der Waals surface area contributed by atoms with E-state index in [1.807, 2.05) is 0 Å². The summed E-state index contributed by atoms with van der Waals surface area (Å²) >= 11 is 0. The molecule has 0 saturated carbocycles. The van der Waals surface area contributed by atoms with Gasteiger partial charge in [0.05, 0.1) is 24.9 Å². The Morgan fingerprint density at radius 3 is 1.43 bits per heavy atom. The molecule has 0 bridgehead atoms. The van der Waals surface area contributed by atoms with Crippen LogP contribution < -0.4 is 0 Å². The van der Waals surface area contributed by atoms with Crippen molar-refractivity contribution in [2.24, 2.45) is 5.29 Å². The number of sulfonamides is 2. The third-order valence-electron chi connectivity index (χ3n) is 4.96. The van der Waals surface area contributed by atoms with Crippen LogP contribution in [-0.4, -0.2) is 77.0 Å². The summed E-state index contributed by atoms with van der Waals surface area (Å²) in [5.74, 6) is 0. The monoisotopic (exact) mass is 560 g/mol. The van der Waals surface area contributed by atoms with Gasteiger partial charge in [0.2, 0.25) is 20.0 Å². The Morgan fingerprint density at radius 2 is 1.11 bits per heavy atom.